The molecule has 0 unspecified atom stereocenters. The van der Waals surface area contributed by atoms with E-state index in [0.29, 0.717) is 12.8 Å². The number of hydrogen-bond acceptors (Lipinski definition) is 4. The van der Waals surface area contributed by atoms with E-state index in [9.17, 15) is 19.8 Å². The molecule has 6 heteroatoms. The molecular weight excluding hydrogens is 336 g/mol. The van der Waals surface area contributed by atoms with Crippen molar-refractivity contribution >= 4 is 11.9 Å². The molecule has 0 rings (SSSR count). The number of unbranched alkanes of at least 4 members (excludes halogenated alkanes) is 7. The van der Waals surface area contributed by atoms with Crippen molar-refractivity contribution in [2.75, 3.05) is 0 Å². The van der Waals surface area contributed by atoms with Crippen molar-refractivity contribution in [1.82, 2.24) is 0 Å². The summed E-state index contributed by atoms with van der Waals surface area (Å²) in [5.74, 6) is -2.32. The maximum atomic E-state index is 10.8. The summed E-state index contributed by atoms with van der Waals surface area (Å²) in [5, 5.41) is 37.1. The lowest BCUT2D eigenvalue weighted by Gasteiger charge is -2.27. The van der Waals surface area contributed by atoms with Crippen LogP contribution < -0.4 is 0 Å². The summed E-state index contributed by atoms with van der Waals surface area (Å²) in [6, 6.07) is 0. The molecule has 6 nitrogen and oxygen atoms in total. The Morgan fingerprint density at radius 2 is 0.846 bits per heavy atom. The van der Waals surface area contributed by atoms with E-state index in [4.69, 9.17) is 10.2 Å². The molecule has 0 saturated heterocycles. The van der Waals surface area contributed by atoms with E-state index in [1.165, 1.54) is 0 Å². The highest BCUT2D eigenvalue weighted by molar-refractivity contribution is 5.73. The van der Waals surface area contributed by atoms with Gasteiger partial charge in [-0.2, -0.15) is 0 Å². The van der Waals surface area contributed by atoms with Gasteiger partial charge in [-0.3, -0.25) is 0 Å². The van der Waals surface area contributed by atoms with Gasteiger partial charge in [0.25, 0.3) is 0 Å². The van der Waals surface area contributed by atoms with E-state index in [1.54, 1.807) is 27.7 Å². The monoisotopic (exact) mass is 374 g/mol. The minimum atomic E-state index is -1.31. The maximum absolute atomic E-state index is 10.8. The Morgan fingerprint density at radius 1 is 0.615 bits per heavy atom. The van der Waals surface area contributed by atoms with Crippen molar-refractivity contribution in [2.45, 2.75) is 104 Å². The molecule has 0 amide bonds. The second kappa shape index (κ2) is 11.5. The first-order chi connectivity index (χ1) is 11.9. The standard InChI is InChI=1S/C20H38O6/c1-19(2,15(21)17(23)24)13-11-9-7-5-6-8-10-12-14-20(3,4)16(22)18(25)26/h15-16,21-22H,5-14H2,1-4H3,(H,23,24)(H,25,26)/t15-,16-/m0/s1. The highest BCUT2D eigenvalue weighted by Crippen LogP contribution is 2.29. The molecule has 26 heavy (non-hydrogen) atoms. The van der Waals surface area contributed by atoms with Gasteiger partial charge in [0.05, 0.1) is 0 Å². The molecule has 154 valence electrons. The molecule has 0 bridgehead atoms. The lowest BCUT2D eigenvalue weighted by Crippen LogP contribution is -2.36. The molecule has 4 N–H and O–H groups in total. The highest BCUT2D eigenvalue weighted by Gasteiger charge is 2.33. The van der Waals surface area contributed by atoms with Crippen molar-refractivity contribution in [2.24, 2.45) is 10.8 Å². The van der Waals surface area contributed by atoms with Gasteiger partial charge < -0.3 is 20.4 Å². The average Bonchev–Trinajstić information content (AvgIpc) is 2.54. The molecule has 2 atom stereocenters. The van der Waals surface area contributed by atoms with Gasteiger partial charge in [-0.25, -0.2) is 9.59 Å². The normalized spacial score (nSPS) is 14.8. The number of aliphatic carboxylic acids is 2. The van der Waals surface area contributed by atoms with E-state index in [1.807, 2.05) is 0 Å². The molecule has 0 fully saturated rings. The topological polar surface area (TPSA) is 115 Å². The number of carbonyl (C=O) groups is 2. The fourth-order valence-electron chi connectivity index (χ4n) is 3.16. The van der Waals surface area contributed by atoms with Gasteiger partial charge in [0, 0.05) is 10.8 Å². The first kappa shape index (κ1) is 24.9. The molecule has 0 aliphatic carbocycles. The van der Waals surface area contributed by atoms with Gasteiger partial charge in [0.1, 0.15) is 0 Å². The Balaban J connectivity index is 3.69. The second-order valence-electron chi connectivity index (χ2n) is 8.79. The summed E-state index contributed by atoms with van der Waals surface area (Å²) < 4.78 is 0. The number of carboxylic acids is 2. The van der Waals surface area contributed by atoms with Crippen LogP contribution in [0.4, 0.5) is 0 Å². The summed E-state index contributed by atoms with van der Waals surface area (Å²) in [5.41, 5.74) is -1.20. The van der Waals surface area contributed by atoms with Gasteiger partial charge in [0.2, 0.25) is 0 Å². The van der Waals surface area contributed by atoms with E-state index in [2.05, 4.69) is 0 Å². The summed E-state index contributed by atoms with van der Waals surface area (Å²) >= 11 is 0. The SMILES string of the molecule is CC(C)(CCCCCCCCCCC(C)(C)[C@@H](O)C(=O)O)[C@@H](O)C(=O)O. The van der Waals surface area contributed by atoms with Gasteiger partial charge in [-0.15, -0.1) is 0 Å². The largest absolute Gasteiger partial charge is 0.479 e. The van der Waals surface area contributed by atoms with Gasteiger partial charge >= 0.3 is 11.9 Å². The number of rotatable bonds is 15. The van der Waals surface area contributed by atoms with Crippen LogP contribution in [0.15, 0.2) is 0 Å². The molecule has 0 aromatic carbocycles. The van der Waals surface area contributed by atoms with Crippen molar-refractivity contribution in [3.8, 4) is 0 Å². The van der Waals surface area contributed by atoms with Crippen LogP contribution in [0.5, 0.6) is 0 Å². The van der Waals surface area contributed by atoms with Crippen molar-refractivity contribution in [1.29, 1.82) is 0 Å². The maximum Gasteiger partial charge on any atom is 0.333 e. The predicted octanol–water partition coefficient (Wildman–Crippen LogP) is 3.83. The van der Waals surface area contributed by atoms with Crippen LogP contribution in [0.25, 0.3) is 0 Å². The Bertz CT molecular complexity index is 390. The number of carboxylic acid groups (broad SMARTS) is 2. The van der Waals surface area contributed by atoms with Crippen LogP contribution in [-0.4, -0.2) is 44.6 Å². The van der Waals surface area contributed by atoms with Crippen molar-refractivity contribution < 1.29 is 30.0 Å². The summed E-state index contributed by atoms with van der Waals surface area (Å²) in [7, 11) is 0. The lowest BCUT2D eigenvalue weighted by atomic mass is 9.81. The van der Waals surface area contributed by atoms with Crippen molar-refractivity contribution in [3.05, 3.63) is 0 Å². The van der Waals surface area contributed by atoms with E-state index in [0.717, 1.165) is 51.4 Å². The summed E-state index contributed by atoms with van der Waals surface area (Å²) in [6.45, 7) is 7.15. The molecule has 0 aromatic heterocycles. The van der Waals surface area contributed by atoms with Gasteiger partial charge in [-0.05, 0) is 12.8 Å². The quantitative estimate of drug-likeness (QED) is 0.324. The Morgan fingerprint density at radius 3 is 1.08 bits per heavy atom. The molecule has 0 aliphatic rings. The Hall–Kier alpha value is -1.14. The number of aliphatic hydroxyl groups excluding tert-OH is 2. The first-order valence-corrected chi connectivity index (χ1v) is 9.73. The van der Waals surface area contributed by atoms with Crippen LogP contribution >= 0.6 is 0 Å². The highest BCUT2D eigenvalue weighted by atomic mass is 16.4. The van der Waals surface area contributed by atoms with E-state index < -0.39 is 35.0 Å². The van der Waals surface area contributed by atoms with Crippen LogP contribution in [0.2, 0.25) is 0 Å². The molecule has 0 heterocycles. The molecule has 0 aliphatic heterocycles. The smallest absolute Gasteiger partial charge is 0.333 e. The van der Waals surface area contributed by atoms with Crippen LogP contribution in [0.3, 0.4) is 0 Å². The Kier molecular flexibility index (Phi) is 11.0. The lowest BCUT2D eigenvalue weighted by molar-refractivity contribution is -0.154. The average molecular weight is 375 g/mol. The van der Waals surface area contributed by atoms with Crippen LogP contribution in [-0.2, 0) is 9.59 Å². The minimum Gasteiger partial charge on any atom is -0.479 e. The number of hydrogen-bond donors (Lipinski definition) is 4. The third-order valence-corrected chi connectivity index (χ3v) is 5.34. The first-order valence-electron chi connectivity index (χ1n) is 9.73. The van der Waals surface area contributed by atoms with E-state index in [-0.39, 0.29) is 0 Å². The molecule has 0 spiro atoms. The molecule has 0 aromatic rings. The zero-order chi connectivity index (χ0) is 20.4. The number of aliphatic hydroxyl groups is 2. The fraction of sp³-hybridized carbons (Fsp3) is 0.900. The van der Waals surface area contributed by atoms with Gasteiger partial charge in [-0.1, -0.05) is 79.1 Å². The van der Waals surface area contributed by atoms with Crippen molar-refractivity contribution in [3.63, 3.8) is 0 Å². The van der Waals surface area contributed by atoms with Crippen LogP contribution in [0.1, 0.15) is 91.9 Å². The molecular formula is C20H38O6. The molecule has 0 radical (unpaired) electrons. The fourth-order valence-corrected chi connectivity index (χ4v) is 3.16. The van der Waals surface area contributed by atoms with Crippen LogP contribution in [0, 0.1) is 10.8 Å². The zero-order valence-electron chi connectivity index (χ0n) is 16.8. The summed E-state index contributed by atoms with van der Waals surface area (Å²) in [4.78, 5) is 21.7. The Labute approximate surface area is 157 Å². The minimum absolute atomic E-state index is 0.598. The summed E-state index contributed by atoms with van der Waals surface area (Å²) in [6.07, 6.45) is 7.12. The predicted molar refractivity (Wildman–Crippen MR) is 101 cm³/mol. The third kappa shape index (κ3) is 9.53. The molecule has 0 saturated carbocycles. The zero-order valence-corrected chi connectivity index (χ0v) is 16.8. The van der Waals surface area contributed by atoms with Gasteiger partial charge in [0.15, 0.2) is 12.2 Å². The second-order valence-corrected chi connectivity index (χ2v) is 8.79. The third-order valence-electron chi connectivity index (χ3n) is 5.34. The van der Waals surface area contributed by atoms with E-state index >= 15 is 0 Å².